The number of hydrogen-bond donors (Lipinski definition) is 2. The summed E-state index contributed by atoms with van der Waals surface area (Å²) in [5.41, 5.74) is 4.37. The van der Waals surface area contributed by atoms with E-state index in [9.17, 15) is 19.7 Å². The predicted molar refractivity (Wildman–Crippen MR) is 89.9 cm³/mol. The monoisotopic (exact) mass is 343 g/mol. The molecule has 0 spiro atoms. The third kappa shape index (κ3) is 5.94. The minimum Gasteiger partial charge on any atom is -0.494 e. The van der Waals surface area contributed by atoms with Crippen molar-refractivity contribution in [1.82, 2.24) is 10.9 Å². The highest BCUT2D eigenvalue weighted by molar-refractivity contribution is 5.95. The highest BCUT2D eigenvalue weighted by Crippen LogP contribution is 2.12. The van der Waals surface area contributed by atoms with Crippen molar-refractivity contribution in [1.29, 1.82) is 0 Å². The highest BCUT2D eigenvalue weighted by atomic mass is 16.6. The molecular weight excluding hydrogens is 326 g/mol. The smallest absolute Gasteiger partial charge is 0.270 e. The van der Waals surface area contributed by atoms with Crippen LogP contribution in [0.25, 0.3) is 0 Å². The van der Waals surface area contributed by atoms with Crippen LogP contribution in [0.4, 0.5) is 5.69 Å². The molecule has 0 aliphatic carbocycles. The number of nitro benzene ring substituents is 1. The Morgan fingerprint density at radius 2 is 1.80 bits per heavy atom. The molecule has 0 unspecified atom stereocenters. The molecule has 2 rings (SSSR count). The van der Waals surface area contributed by atoms with Crippen LogP contribution in [0, 0.1) is 10.1 Å². The number of benzene rings is 2. The van der Waals surface area contributed by atoms with Crippen molar-refractivity contribution in [2.45, 2.75) is 12.8 Å². The molecule has 25 heavy (non-hydrogen) atoms. The molecule has 0 radical (unpaired) electrons. The Bertz CT molecular complexity index is 749. The summed E-state index contributed by atoms with van der Waals surface area (Å²) in [5.74, 6) is -0.282. The first-order chi connectivity index (χ1) is 12.1. The van der Waals surface area contributed by atoms with Gasteiger partial charge in [-0.1, -0.05) is 24.3 Å². The molecule has 130 valence electrons. The number of nitrogens with zero attached hydrogens (tertiary/aromatic N) is 1. The van der Waals surface area contributed by atoms with E-state index >= 15 is 0 Å². The van der Waals surface area contributed by atoms with Gasteiger partial charge in [-0.3, -0.25) is 30.6 Å². The van der Waals surface area contributed by atoms with Crippen molar-refractivity contribution in [3.8, 4) is 5.75 Å². The molecule has 0 fully saturated rings. The summed E-state index contributed by atoms with van der Waals surface area (Å²) in [6.45, 7) is 0.371. The quantitative estimate of drug-likeness (QED) is 0.455. The van der Waals surface area contributed by atoms with Gasteiger partial charge in [0.1, 0.15) is 5.75 Å². The van der Waals surface area contributed by atoms with Crippen LogP contribution < -0.4 is 15.6 Å². The van der Waals surface area contributed by atoms with Crippen LogP contribution in [0.3, 0.4) is 0 Å². The molecule has 2 N–H and O–H groups in total. The van der Waals surface area contributed by atoms with Crippen molar-refractivity contribution in [3.05, 3.63) is 70.3 Å². The normalized spacial score (nSPS) is 9.92. The van der Waals surface area contributed by atoms with Crippen molar-refractivity contribution in [2.24, 2.45) is 0 Å². The Morgan fingerprint density at radius 3 is 2.52 bits per heavy atom. The van der Waals surface area contributed by atoms with Gasteiger partial charge in [0.15, 0.2) is 0 Å². The Hall–Kier alpha value is -3.42. The van der Waals surface area contributed by atoms with Gasteiger partial charge in [0, 0.05) is 24.1 Å². The van der Waals surface area contributed by atoms with Gasteiger partial charge in [0.05, 0.1) is 11.5 Å². The lowest BCUT2D eigenvalue weighted by molar-refractivity contribution is -0.384. The van der Waals surface area contributed by atoms with Crippen molar-refractivity contribution in [3.63, 3.8) is 0 Å². The standard InChI is InChI=1S/C17H17N3O5/c21-16(10-5-11-25-15-8-2-1-3-9-15)18-19-17(22)13-6-4-7-14(12-13)20(23)24/h1-4,6-9,12H,5,10-11H2,(H,18,21)(H,19,22). The lowest BCUT2D eigenvalue weighted by Crippen LogP contribution is -2.41. The molecule has 0 saturated heterocycles. The van der Waals surface area contributed by atoms with Gasteiger partial charge < -0.3 is 4.74 Å². The molecule has 0 aliphatic rings. The zero-order valence-electron chi connectivity index (χ0n) is 13.3. The van der Waals surface area contributed by atoms with Crippen molar-refractivity contribution >= 4 is 17.5 Å². The second kappa shape index (κ2) is 9.02. The molecule has 2 amide bonds. The summed E-state index contributed by atoms with van der Waals surface area (Å²) in [5, 5.41) is 10.7. The summed E-state index contributed by atoms with van der Waals surface area (Å²) < 4.78 is 5.46. The first-order valence-corrected chi connectivity index (χ1v) is 7.58. The fourth-order valence-electron chi connectivity index (χ4n) is 1.96. The maximum Gasteiger partial charge on any atom is 0.270 e. The largest absolute Gasteiger partial charge is 0.494 e. The molecule has 0 aliphatic heterocycles. The second-order valence-electron chi connectivity index (χ2n) is 5.07. The first kappa shape index (κ1) is 17.9. The minimum atomic E-state index is -0.627. The van der Waals surface area contributed by atoms with E-state index in [2.05, 4.69) is 10.9 Å². The van der Waals surface area contributed by atoms with E-state index < -0.39 is 10.8 Å². The Balaban J connectivity index is 1.70. The van der Waals surface area contributed by atoms with Crippen molar-refractivity contribution in [2.75, 3.05) is 6.61 Å². The number of carbonyl (C=O) groups excluding carboxylic acids is 2. The fourth-order valence-corrected chi connectivity index (χ4v) is 1.96. The first-order valence-electron chi connectivity index (χ1n) is 7.58. The minimum absolute atomic E-state index is 0.0851. The maximum atomic E-state index is 11.9. The third-order valence-corrected chi connectivity index (χ3v) is 3.19. The van der Waals surface area contributed by atoms with Gasteiger partial charge in [-0.05, 0) is 24.6 Å². The molecule has 8 nitrogen and oxygen atoms in total. The number of amides is 2. The lowest BCUT2D eigenvalue weighted by atomic mass is 10.2. The van der Waals surface area contributed by atoms with E-state index in [1.54, 1.807) is 0 Å². The maximum absolute atomic E-state index is 11.9. The number of hydrogen-bond acceptors (Lipinski definition) is 5. The van der Waals surface area contributed by atoms with Gasteiger partial charge >= 0.3 is 0 Å². The number of ether oxygens (including phenoxy) is 1. The molecule has 2 aromatic carbocycles. The summed E-state index contributed by atoms with van der Waals surface area (Å²) in [6.07, 6.45) is 0.648. The molecular formula is C17H17N3O5. The van der Waals surface area contributed by atoms with Gasteiger partial charge in [-0.15, -0.1) is 0 Å². The number of para-hydroxylation sites is 1. The van der Waals surface area contributed by atoms with E-state index in [1.807, 2.05) is 30.3 Å². The Labute approximate surface area is 143 Å². The van der Waals surface area contributed by atoms with Crippen molar-refractivity contribution < 1.29 is 19.2 Å². The number of nitrogens with one attached hydrogen (secondary N) is 2. The van der Waals surface area contributed by atoms with Crippen LogP contribution in [-0.2, 0) is 4.79 Å². The van der Waals surface area contributed by atoms with Crippen LogP contribution in [0.1, 0.15) is 23.2 Å². The van der Waals surface area contributed by atoms with Gasteiger partial charge in [0.25, 0.3) is 11.6 Å². The van der Waals surface area contributed by atoms with E-state index in [0.29, 0.717) is 13.0 Å². The zero-order chi connectivity index (χ0) is 18.1. The highest BCUT2D eigenvalue weighted by Gasteiger charge is 2.12. The van der Waals surface area contributed by atoms with Gasteiger partial charge in [0.2, 0.25) is 5.91 Å². The molecule has 0 bridgehead atoms. The van der Waals surface area contributed by atoms with Gasteiger partial charge in [-0.25, -0.2) is 0 Å². The molecule has 8 heteroatoms. The Kier molecular flexibility index (Phi) is 6.47. The molecule has 0 atom stereocenters. The zero-order valence-corrected chi connectivity index (χ0v) is 13.3. The van der Waals surface area contributed by atoms with Crippen LogP contribution in [-0.4, -0.2) is 23.3 Å². The van der Waals surface area contributed by atoms with Crippen LogP contribution in [0.5, 0.6) is 5.75 Å². The van der Waals surface area contributed by atoms with E-state index in [4.69, 9.17) is 4.74 Å². The topological polar surface area (TPSA) is 111 Å². The van der Waals surface area contributed by atoms with E-state index in [-0.39, 0.29) is 23.6 Å². The average molecular weight is 343 g/mol. The van der Waals surface area contributed by atoms with Crippen LogP contribution in [0.15, 0.2) is 54.6 Å². The Morgan fingerprint density at radius 1 is 1.04 bits per heavy atom. The van der Waals surface area contributed by atoms with E-state index in [1.165, 1.54) is 18.2 Å². The fraction of sp³-hybridized carbons (Fsp3) is 0.176. The van der Waals surface area contributed by atoms with Gasteiger partial charge in [-0.2, -0.15) is 0 Å². The van der Waals surface area contributed by atoms with Crippen LogP contribution >= 0.6 is 0 Å². The number of non-ortho nitro benzene ring substituents is 1. The predicted octanol–water partition coefficient (Wildman–Crippen LogP) is 2.21. The summed E-state index contributed by atoms with van der Waals surface area (Å²) >= 11 is 0. The number of carbonyl (C=O) groups is 2. The SMILES string of the molecule is O=C(CCCOc1ccccc1)NNC(=O)c1cccc([N+](=O)[O-])c1. The van der Waals surface area contributed by atoms with Crippen LogP contribution in [0.2, 0.25) is 0 Å². The third-order valence-electron chi connectivity index (χ3n) is 3.19. The summed E-state index contributed by atoms with van der Waals surface area (Å²) in [6, 6.07) is 14.5. The molecule has 0 aromatic heterocycles. The number of hydrazine groups is 1. The summed E-state index contributed by atoms with van der Waals surface area (Å²) in [7, 11) is 0. The summed E-state index contributed by atoms with van der Waals surface area (Å²) in [4.78, 5) is 33.6. The molecule has 0 saturated carbocycles. The molecule has 0 heterocycles. The second-order valence-corrected chi connectivity index (χ2v) is 5.07. The average Bonchev–Trinajstić information content (AvgIpc) is 2.64. The number of rotatable bonds is 7. The lowest BCUT2D eigenvalue weighted by Gasteiger charge is -2.08. The van der Waals surface area contributed by atoms with E-state index in [0.717, 1.165) is 11.8 Å². The number of nitro groups is 1. The molecule has 2 aromatic rings.